The van der Waals surface area contributed by atoms with Gasteiger partial charge in [0.15, 0.2) is 0 Å². The van der Waals surface area contributed by atoms with Crippen molar-refractivity contribution in [2.45, 2.75) is 6.92 Å². The van der Waals surface area contributed by atoms with Crippen molar-refractivity contribution in [3.63, 3.8) is 0 Å². The van der Waals surface area contributed by atoms with Crippen LogP contribution in [0.15, 0.2) is 36.4 Å². The van der Waals surface area contributed by atoms with Gasteiger partial charge in [0.1, 0.15) is 24.7 Å². The van der Waals surface area contributed by atoms with Gasteiger partial charge < -0.3 is 14.0 Å². The molecule has 5 heteroatoms. The predicted molar refractivity (Wildman–Crippen MR) is 77.4 cm³/mol. The zero-order chi connectivity index (χ0) is 14.5. The molecule has 0 amide bonds. The van der Waals surface area contributed by atoms with Crippen LogP contribution in [0.2, 0.25) is 5.02 Å². The molecule has 1 aromatic heterocycles. The number of ether oxygens (including phenoxy) is 2. The molecule has 0 saturated carbocycles. The zero-order valence-corrected chi connectivity index (χ0v) is 12.2. The second kappa shape index (κ2) is 6.48. The molecule has 0 spiro atoms. The zero-order valence-electron chi connectivity index (χ0n) is 11.4. The maximum atomic E-state index is 11.8. The fraction of sp³-hybridized carbons (Fsp3) is 0.267. The number of hydrogen-bond donors (Lipinski definition) is 0. The van der Waals surface area contributed by atoms with Crippen molar-refractivity contribution in [1.29, 1.82) is 0 Å². The normalized spacial score (nSPS) is 10.3. The minimum atomic E-state index is -0.352. The van der Waals surface area contributed by atoms with Gasteiger partial charge in [0, 0.05) is 17.8 Å². The summed E-state index contributed by atoms with van der Waals surface area (Å²) in [6.45, 7) is 2.41. The highest BCUT2D eigenvalue weighted by Crippen LogP contribution is 2.16. The van der Waals surface area contributed by atoms with Crippen LogP contribution in [0.1, 0.15) is 16.2 Å². The Morgan fingerprint density at radius 1 is 1.25 bits per heavy atom. The van der Waals surface area contributed by atoms with E-state index < -0.39 is 0 Å². The van der Waals surface area contributed by atoms with Crippen molar-refractivity contribution in [1.82, 2.24) is 4.57 Å². The molecule has 0 aliphatic carbocycles. The number of esters is 1. The Balaban J connectivity index is 1.79. The summed E-state index contributed by atoms with van der Waals surface area (Å²) < 4.78 is 12.4. The smallest absolute Gasteiger partial charge is 0.355 e. The summed E-state index contributed by atoms with van der Waals surface area (Å²) in [7, 11) is 1.83. The van der Waals surface area contributed by atoms with E-state index in [0.29, 0.717) is 16.5 Å². The van der Waals surface area contributed by atoms with Gasteiger partial charge in [-0.15, -0.1) is 0 Å². The predicted octanol–water partition coefficient (Wildman–Crippen LogP) is 3.22. The van der Waals surface area contributed by atoms with E-state index >= 15 is 0 Å². The number of carbonyl (C=O) groups is 1. The first-order valence-electron chi connectivity index (χ1n) is 6.26. The molecule has 0 saturated heterocycles. The molecule has 106 valence electrons. The minimum absolute atomic E-state index is 0.190. The lowest BCUT2D eigenvalue weighted by Gasteiger charge is -2.08. The molecule has 4 nitrogen and oxygen atoms in total. The highest BCUT2D eigenvalue weighted by atomic mass is 35.5. The molecule has 0 N–H and O–H groups in total. The van der Waals surface area contributed by atoms with Crippen LogP contribution in [0, 0.1) is 6.92 Å². The van der Waals surface area contributed by atoms with Crippen LogP contribution >= 0.6 is 11.6 Å². The second-order valence-electron chi connectivity index (χ2n) is 4.36. The van der Waals surface area contributed by atoms with E-state index in [0.717, 1.165) is 5.69 Å². The number of aromatic nitrogens is 1. The van der Waals surface area contributed by atoms with Gasteiger partial charge in [-0.2, -0.15) is 0 Å². The minimum Gasteiger partial charge on any atom is -0.490 e. The van der Waals surface area contributed by atoms with E-state index in [2.05, 4.69) is 0 Å². The van der Waals surface area contributed by atoms with E-state index in [9.17, 15) is 4.79 Å². The van der Waals surface area contributed by atoms with Crippen molar-refractivity contribution in [2.24, 2.45) is 7.05 Å². The number of benzene rings is 1. The van der Waals surface area contributed by atoms with Crippen LogP contribution in [-0.2, 0) is 11.8 Å². The average molecular weight is 294 g/mol. The molecular formula is C15H16ClNO3. The molecule has 0 radical (unpaired) electrons. The third-order valence-electron chi connectivity index (χ3n) is 2.96. The van der Waals surface area contributed by atoms with Gasteiger partial charge in [0.05, 0.1) is 0 Å². The van der Waals surface area contributed by atoms with Crippen molar-refractivity contribution < 1.29 is 14.3 Å². The van der Waals surface area contributed by atoms with Gasteiger partial charge in [0.25, 0.3) is 0 Å². The third kappa shape index (κ3) is 3.54. The molecule has 0 aliphatic rings. The number of nitrogens with zero attached hydrogens (tertiary/aromatic N) is 1. The molecule has 2 aromatic rings. The van der Waals surface area contributed by atoms with Crippen LogP contribution in [-0.4, -0.2) is 23.8 Å². The van der Waals surface area contributed by atoms with E-state index in [1.54, 1.807) is 34.9 Å². The number of carbonyl (C=O) groups excluding carboxylic acids is 1. The molecule has 0 bridgehead atoms. The summed E-state index contributed by atoms with van der Waals surface area (Å²) in [6, 6.07) is 10.7. The van der Waals surface area contributed by atoms with Crippen molar-refractivity contribution >= 4 is 17.6 Å². The Kier molecular flexibility index (Phi) is 4.69. The highest BCUT2D eigenvalue weighted by molar-refractivity contribution is 6.30. The Morgan fingerprint density at radius 3 is 2.70 bits per heavy atom. The largest absolute Gasteiger partial charge is 0.490 e. The number of hydrogen-bond acceptors (Lipinski definition) is 3. The summed E-state index contributed by atoms with van der Waals surface area (Å²) in [5, 5.41) is 0.610. The summed E-state index contributed by atoms with van der Waals surface area (Å²) in [5.41, 5.74) is 1.54. The average Bonchev–Trinajstić information content (AvgIpc) is 2.75. The number of aryl methyl sites for hydroxylation is 1. The molecule has 0 fully saturated rings. The topological polar surface area (TPSA) is 40.5 Å². The number of halogens is 1. The first-order valence-corrected chi connectivity index (χ1v) is 6.63. The Morgan fingerprint density at radius 2 is 2.05 bits per heavy atom. The van der Waals surface area contributed by atoms with Crippen LogP contribution in [0.5, 0.6) is 5.75 Å². The standard InChI is InChI=1S/C15H16ClNO3/c1-11-6-7-14(17(11)2)15(18)20-9-8-19-13-5-3-4-12(16)10-13/h3-7,10H,8-9H2,1-2H3. The van der Waals surface area contributed by atoms with Crippen LogP contribution < -0.4 is 4.74 Å². The van der Waals surface area contributed by atoms with Crippen LogP contribution in [0.4, 0.5) is 0 Å². The first-order chi connectivity index (χ1) is 9.58. The van der Waals surface area contributed by atoms with Crippen molar-refractivity contribution in [2.75, 3.05) is 13.2 Å². The summed E-state index contributed by atoms with van der Waals surface area (Å²) in [5.74, 6) is 0.304. The monoisotopic (exact) mass is 293 g/mol. The molecular weight excluding hydrogens is 278 g/mol. The molecule has 1 aromatic carbocycles. The lowest BCUT2D eigenvalue weighted by Crippen LogP contribution is -2.15. The van der Waals surface area contributed by atoms with Crippen LogP contribution in [0.3, 0.4) is 0 Å². The summed E-state index contributed by atoms with van der Waals surface area (Å²) in [6.07, 6.45) is 0. The second-order valence-corrected chi connectivity index (χ2v) is 4.80. The van der Waals surface area contributed by atoms with E-state index in [4.69, 9.17) is 21.1 Å². The van der Waals surface area contributed by atoms with Crippen molar-refractivity contribution in [3.05, 3.63) is 52.8 Å². The SMILES string of the molecule is Cc1ccc(C(=O)OCCOc2cccc(Cl)c2)n1C. The lowest BCUT2D eigenvalue weighted by atomic mass is 10.3. The van der Waals surface area contributed by atoms with Gasteiger partial charge in [-0.3, -0.25) is 0 Å². The molecule has 2 rings (SSSR count). The van der Waals surface area contributed by atoms with Gasteiger partial charge in [0.2, 0.25) is 0 Å². The van der Waals surface area contributed by atoms with Gasteiger partial charge in [-0.25, -0.2) is 4.79 Å². The fourth-order valence-corrected chi connectivity index (χ4v) is 1.92. The van der Waals surface area contributed by atoms with E-state index in [1.165, 1.54) is 0 Å². The van der Waals surface area contributed by atoms with Gasteiger partial charge in [-0.1, -0.05) is 17.7 Å². The van der Waals surface area contributed by atoms with Gasteiger partial charge >= 0.3 is 5.97 Å². The highest BCUT2D eigenvalue weighted by Gasteiger charge is 2.11. The molecule has 20 heavy (non-hydrogen) atoms. The molecule has 1 heterocycles. The summed E-state index contributed by atoms with van der Waals surface area (Å²) >= 11 is 5.84. The number of rotatable bonds is 5. The summed E-state index contributed by atoms with van der Waals surface area (Å²) in [4.78, 5) is 11.8. The Labute approximate surface area is 122 Å². The lowest BCUT2D eigenvalue weighted by molar-refractivity contribution is 0.0439. The van der Waals surface area contributed by atoms with E-state index in [-0.39, 0.29) is 19.2 Å². The molecule has 0 unspecified atom stereocenters. The van der Waals surface area contributed by atoms with Crippen molar-refractivity contribution in [3.8, 4) is 5.75 Å². The fourth-order valence-electron chi connectivity index (χ4n) is 1.74. The first kappa shape index (κ1) is 14.5. The van der Waals surface area contributed by atoms with Gasteiger partial charge in [-0.05, 0) is 37.3 Å². The van der Waals surface area contributed by atoms with Crippen LogP contribution in [0.25, 0.3) is 0 Å². The third-order valence-corrected chi connectivity index (χ3v) is 3.20. The molecule has 0 atom stereocenters. The maximum Gasteiger partial charge on any atom is 0.355 e. The Bertz CT molecular complexity index is 607. The molecule has 0 aliphatic heterocycles. The maximum absolute atomic E-state index is 11.8. The quantitative estimate of drug-likeness (QED) is 0.628. The Hall–Kier alpha value is -1.94. The van der Waals surface area contributed by atoms with E-state index in [1.807, 2.05) is 20.0 Å².